The van der Waals surface area contributed by atoms with E-state index >= 15 is 0 Å². The predicted molar refractivity (Wildman–Crippen MR) is 139 cm³/mol. The van der Waals surface area contributed by atoms with Gasteiger partial charge < -0.3 is 10.2 Å². The molecular weight excluding hydrogens is 506 g/mol. The summed E-state index contributed by atoms with van der Waals surface area (Å²) in [5.41, 5.74) is 5.20. The Kier molecular flexibility index (Phi) is 10.4. The highest BCUT2D eigenvalue weighted by Crippen LogP contribution is 2.32. The van der Waals surface area contributed by atoms with Gasteiger partial charge in [0.2, 0.25) is 0 Å². The van der Waals surface area contributed by atoms with Crippen LogP contribution in [-0.2, 0) is 7.05 Å². The minimum Gasteiger partial charge on any atom is -0.354 e. The van der Waals surface area contributed by atoms with Crippen LogP contribution in [0.15, 0.2) is 49.2 Å². The van der Waals surface area contributed by atoms with Crippen LogP contribution in [0, 0.1) is 11.3 Å². The number of rotatable bonds is 3. The quantitative estimate of drug-likeness (QED) is 0.434. The third kappa shape index (κ3) is 5.52. The van der Waals surface area contributed by atoms with E-state index in [-0.39, 0.29) is 49.6 Å². The number of piperazine rings is 1. The maximum atomic E-state index is 9.55. The van der Waals surface area contributed by atoms with E-state index in [1.165, 1.54) is 0 Å². The number of hydrogen-bond acceptors (Lipinski definition) is 6. The number of aromatic nitrogens is 5. The van der Waals surface area contributed by atoms with E-state index in [4.69, 9.17) is 4.98 Å². The zero-order chi connectivity index (χ0) is 19.8. The lowest BCUT2D eigenvalue weighted by Gasteiger charge is -2.28. The summed E-state index contributed by atoms with van der Waals surface area (Å²) < 4.78 is 3.53. The first kappa shape index (κ1) is 28.5. The fourth-order valence-corrected chi connectivity index (χ4v) is 3.78. The Labute approximate surface area is 216 Å². The number of nitrogens with one attached hydrogen (secondary N) is 1. The van der Waals surface area contributed by atoms with E-state index in [0.717, 1.165) is 59.8 Å². The van der Waals surface area contributed by atoms with Crippen LogP contribution in [0.3, 0.4) is 0 Å². The first-order chi connectivity index (χ1) is 14.2. The van der Waals surface area contributed by atoms with Crippen LogP contribution in [0.1, 0.15) is 5.56 Å². The van der Waals surface area contributed by atoms with Crippen molar-refractivity contribution in [2.24, 2.45) is 7.05 Å². The zero-order valence-corrected chi connectivity index (χ0v) is 21.0. The van der Waals surface area contributed by atoms with Crippen molar-refractivity contribution in [1.82, 2.24) is 29.7 Å². The van der Waals surface area contributed by atoms with Crippen LogP contribution in [0.4, 0.5) is 5.82 Å². The molecule has 0 spiro atoms. The second-order valence-corrected chi connectivity index (χ2v) is 7.15. The fraction of sp³-hybridized carbons (Fsp3) is 0.238. The Morgan fingerprint density at radius 1 is 0.909 bits per heavy atom. The highest BCUT2D eigenvalue weighted by molar-refractivity contribution is 5.87. The maximum absolute atomic E-state index is 9.55. The highest BCUT2D eigenvalue weighted by atomic mass is 35.5. The third-order valence-corrected chi connectivity index (χ3v) is 5.27. The average molecular weight is 530 g/mol. The van der Waals surface area contributed by atoms with Crippen LogP contribution in [-0.4, -0.2) is 50.6 Å². The molecule has 0 saturated carbocycles. The molecule has 0 radical (unpaired) electrons. The van der Waals surface area contributed by atoms with E-state index in [9.17, 15) is 5.26 Å². The molecule has 1 saturated heterocycles. The second kappa shape index (κ2) is 12.1. The maximum Gasteiger partial charge on any atom is 0.128 e. The Morgan fingerprint density at radius 2 is 1.67 bits per heavy atom. The summed E-state index contributed by atoms with van der Waals surface area (Å²) in [5.74, 6) is 0.976. The number of anilines is 1. The van der Waals surface area contributed by atoms with Gasteiger partial charge in [0.15, 0.2) is 0 Å². The smallest absolute Gasteiger partial charge is 0.128 e. The van der Waals surface area contributed by atoms with Gasteiger partial charge in [-0.25, -0.2) is 9.50 Å². The molecule has 1 aliphatic heterocycles. The average Bonchev–Trinajstić information content (AvgIpc) is 3.40. The van der Waals surface area contributed by atoms with Crippen molar-refractivity contribution in [3.05, 3.63) is 54.7 Å². The van der Waals surface area contributed by atoms with Crippen molar-refractivity contribution in [1.29, 1.82) is 5.26 Å². The number of halogens is 4. The molecule has 5 rings (SSSR count). The summed E-state index contributed by atoms with van der Waals surface area (Å²) >= 11 is 0. The highest BCUT2D eigenvalue weighted by Gasteiger charge is 2.16. The second-order valence-electron chi connectivity index (χ2n) is 7.15. The molecule has 0 aliphatic carbocycles. The lowest BCUT2D eigenvalue weighted by molar-refractivity contribution is 0.585. The lowest BCUT2D eigenvalue weighted by atomic mass is 10.0. The summed E-state index contributed by atoms with van der Waals surface area (Å²) in [6.07, 6.45) is 9.21. The Balaban J connectivity index is 0.00000136. The van der Waals surface area contributed by atoms with Crippen LogP contribution in [0.2, 0.25) is 0 Å². The molecule has 1 aliphatic rings. The summed E-state index contributed by atoms with van der Waals surface area (Å²) in [6, 6.07) is 8.45. The summed E-state index contributed by atoms with van der Waals surface area (Å²) in [6.45, 7) is 3.85. The van der Waals surface area contributed by atoms with Crippen LogP contribution < -0.4 is 10.2 Å². The van der Waals surface area contributed by atoms with Gasteiger partial charge >= 0.3 is 0 Å². The molecule has 1 N–H and O–H groups in total. The molecule has 5 heterocycles. The Morgan fingerprint density at radius 3 is 2.27 bits per heavy atom. The molecule has 12 heteroatoms. The number of pyridine rings is 2. The molecule has 4 aromatic rings. The molecule has 0 atom stereocenters. The fourth-order valence-electron chi connectivity index (χ4n) is 3.78. The standard InChI is InChI=1S/C21H20N8.4ClH/c1-27-13-18(12-25-27)16-8-19(21-17(9-22)11-26-29(21)14-16)15-2-3-20(24-10-15)28-6-4-23-5-7-28;;;;/h2-3,8,10-14,23H,4-7H2,1H3;4*1H. The topological polar surface area (TPSA) is 87.1 Å². The van der Waals surface area contributed by atoms with E-state index in [0.29, 0.717) is 5.56 Å². The molecule has 0 amide bonds. The van der Waals surface area contributed by atoms with Gasteiger partial charge in [-0.2, -0.15) is 15.5 Å². The molecule has 0 unspecified atom stereocenters. The molecular formula is C21H24Cl4N8. The SMILES string of the molecule is Cl.Cl.Cl.Cl.Cn1cc(-c2cc(-c3ccc(N4CCNCC4)nc3)c3c(C#N)cnn3c2)cn1. The molecule has 176 valence electrons. The molecule has 4 aromatic heterocycles. The molecule has 33 heavy (non-hydrogen) atoms. The monoisotopic (exact) mass is 528 g/mol. The van der Waals surface area contributed by atoms with Crippen molar-refractivity contribution in [2.75, 3.05) is 31.1 Å². The molecule has 8 nitrogen and oxygen atoms in total. The van der Waals surface area contributed by atoms with Crippen LogP contribution in [0.25, 0.3) is 27.8 Å². The summed E-state index contributed by atoms with van der Waals surface area (Å²) in [7, 11) is 1.89. The first-order valence-electron chi connectivity index (χ1n) is 9.55. The zero-order valence-electron chi connectivity index (χ0n) is 17.7. The Bertz CT molecular complexity index is 1220. The minimum atomic E-state index is 0. The van der Waals surface area contributed by atoms with Gasteiger partial charge in [-0.3, -0.25) is 4.68 Å². The van der Waals surface area contributed by atoms with Gasteiger partial charge in [0, 0.05) is 74.1 Å². The van der Waals surface area contributed by atoms with Gasteiger partial charge in [-0.15, -0.1) is 49.6 Å². The van der Waals surface area contributed by atoms with Crippen molar-refractivity contribution in [3.63, 3.8) is 0 Å². The van der Waals surface area contributed by atoms with Gasteiger partial charge in [0.1, 0.15) is 11.9 Å². The minimum absolute atomic E-state index is 0. The largest absolute Gasteiger partial charge is 0.354 e. The van der Waals surface area contributed by atoms with Gasteiger partial charge in [0.25, 0.3) is 0 Å². The third-order valence-electron chi connectivity index (χ3n) is 5.27. The van der Waals surface area contributed by atoms with Crippen LogP contribution >= 0.6 is 49.6 Å². The van der Waals surface area contributed by atoms with E-state index < -0.39 is 0 Å². The van der Waals surface area contributed by atoms with E-state index in [1.807, 2.05) is 31.8 Å². The number of fused-ring (bicyclic) bond motifs is 1. The lowest BCUT2D eigenvalue weighted by Crippen LogP contribution is -2.43. The van der Waals surface area contributed by atoms with Crippen molar-refractivity contribution < 1.29 is 0 Å². The van der Waals surface area contributed by atoms with Crippen molar-refractivity contribution in [3.8, 4) is 28.3 Å². The summed E-state index contributed by atoms with van der Waals surface area (Å²) in [5, 5.41) is 21.6. The normalized spacial score (nSPS) is 12.5. The predicted octanol–water partition coefficient (Wildman–Crippen LogP) is 3.77. The van der Waals surface area contributed by atoms with Crippen LogP contribution in [0.5, 0.6) is 0 Å². The van der Waals surface area contributed by atoms with Gasteiger partial charge in [0.05, 0.1) is 23.5 Å². The summed E-state index contributed by atoms with van der Waals surface area (Å²) in [4.78, 5) is 6.98. The molecule has 1 fully saturated rings. The van der Waals surface area contributed by atoms with E-state index in [1.54, 1.807) is 15.4 Å². The van der Waals surface area contributed by atoms with E-state index in [2.05, 4.69) is 44.7 Å². The molecule has 0 bridgehead atoms. The first-order valence-corrected chi connectivity index (χ1v) is 9.55. The number of hydrogen-bond donors (Lipinski definition) is 1. The van der Waals surface area contributed by atoms with Crippen molar-refractivity contribution >= 4 is 61.0 Å². The number of nitriles is 1. The van der Waals surface area contributed by atoms with Gasteiger partial charge in [-0.1, -0.05) is 0 Å². The molecule has 0 aromatic carbocycles. The number of nitrogens with zero attached hydrogens (tertiary/aromatic N) is 7. The van der Waals surface area contributed by atoms with Crippen molar-refractivity contribution in [2.45, 2.75) is 0 Å². The Hall–Kier alpha value is -2.54. The van der Waals surface area contributed by atoms with Gasteiger partial charge in [-0.05, 0) is 18.2 Å². The number of aryl methyl sites for hydroxylation is 1.